The van der Waals surface area contributed by atoms with Crippen molar-refractivity contribution >= 4 is 37.1 Å². The van der Waals surface area contributed by atoms with Gasteiger partial charge < -0.3 is 15.5 Å². The highest BCUT2D eigenvalue weighted by Crippen LogP contribution is 2.29. The molecule has 0 radical (unpaired) electrons. The number of aliphatic hydroxyl groups excluding tert-OH is 2. The van der Waals surface area contributed by atoms with Crippen molar-refractivity contribution in [1.29, 1.82) is 0 Å². The first-order chi connectivity index (χ1) is 9.84. The molecule has 0 aliphatic carbocycles. The number of benzene rings is 1. The molecule has 0 saturated carbocycles. The average molecular weight is 330 g/mol. The summed E-state index contributed by atoms with van der Waals surface area (Å²) in [6.07, 6.45) is -0.834. The zero-order valence-electron chi connectivity index (χ0n) is 11.8. The third-order valence-electron chi connectivity index (χ3n) is 2.99. The Balaban J connectivity index is 2.28. The van der Waals surface area contributed by atoms with E-state index in [0.717, 1.165) is 21.7 Å². The molecular weight excluding hydrogens is 312 g/mol. The Morgan fingerprint density at radius 1 is 1.38 bits per heavy atom. The van der Waals surface area contributed by atoms with Gasteiger partial charge in [-0.25, -0.2) is 13.4 Å². The molecule has 21 heavy (non-hydrogen) atoms. The van der Waals surface area contributed by atoms with Gasteiger partial charge in [0.1, 0.15) is 0 Å². The van der Waals surface area contributed by atoms with Crippen LogP contribution in [0.25, 0.3) is 10.2 Å². The molecule has 0 amide bonds. The van der Waals surface area contributed by atoms with Crippen LogP contribution in [-0.2, 0) is 9.84 Å². The first-order valence-corrected chi connectivity index (χ1v) is 8.88. The molecule has 1 heterocycles. The number of aromatic nitrogens is 1. The zero-order valence-corrected chi connectivity index (χ0v) is 13.4. The molecular formula is C13H18N2O4S2. The minimum atomic E-state index is -3.37. The number of sulfone groups is 1. The summed E-state index contributed by atoms with van der Waals surface area (Å²) in [4.78, 5) is 4.17. The predicted molar refractivity (Wildman–Crippen MR) is 83.5 cm³/mol. The molecule has 1 aromatic carbocycles. The second-order valence-corrected chi connectivity index (χ2v) is 8.68. The molecule has 0 spiro atoms. The number of hydrogen-bond acceptors (Lipinski definition) is 7. The van der Waals surface area contributed by atoms with Crippen molar-refractivity contribution in [1.82, 2.24) is 4.98 Å². The van der Waals surface area contributed by atoms with Crippen molar-refractivity contribution in [3.05, 3.63) is 18.2 Å². The number of anilines is 1. The van der Waals surface area contributed by atoms with Gasteiger partial charge in [0.2, 0.25) is 14.2 Å². The maximum Gasteiger partial charge on any atom is 0.210 e. The maximum absolute atomic E-state index is 12.1. The van der Waals surface area contributed by atoms with Crippen LogP contribution in [0.4, 0.5) is 5.69 Å². The number of aliphatic hydroxyl groups is 2. The van der Waals surface area contributed by atoms with Crippen LogP contribution in [0.2, 0.25) is 0 Å². The normalized spacial score (nSPS) is 13.8. The van der Waals surface area contributed by atoms with Crippen LogP contribution in [0.1, 0.15) is 13.8 Å². The molecule has 1 atom stereocenters. The average Bonchev–Trinajstić information content (AvgIpc) is 2.88. The summed E-state index contributed by atoms with van der Waals surface area (Å²) in [6, 6.07) is 5.28. The lowest BCUT2D eigenvalue weighted by atomic mass is 10.3. The van der Waals surface area contributed by atoms with Crippen LogP contribution in [0.5, 0.6) is 0 Å². The van der Waals surface area contributed by atoms with Gasteiger partial charge in [-0.1, -0.05) is 0 Å². The largest absolute Gasteiger partial charge is 0.394 e. The van der Waals surface area contributed by atoms with Crippen molar-refractivity contribution in [3.63, 3.8) is 0 Å². The summed E-state index contributed by atoms with van der Waals surface area (Å²) < 4.78 is 25.1. The summed E-state index contributed by atoms with van der Waals surface area (Å²) in [6.45, 7) is 3.17. The van der Waals surface area contributed by atoms with Crippen molar-refractivity contribution < 1.29 is 18.6 Å². The van der Waals surface area contributed by atoms with Crippen LogP contribution >= 0.6 is 11.3 Å². The van der Waals surface area contributed by atoms with Crippen LogP contribution < -0.4 is 5.32 Å². The highest BCUT2D eigenvalue weighted by molar-refractivity contribution is 7.94. The number of nitrogens with one attached hydrogen (secondary N) is 1. The fourth-order valence-corrected chi connectivity index (χ4v) is 4.31. The molecule has 1 aromatic heterocycles. The lowest BCUT2D eigenvalue weighted by Gasteiger charge is -2.09. The summed E-state index contributed by atoms with van der Waals surface area (Å²) in [5, 5.41) is 20.5. The Kier molecular flexibility index (Phi) is 4.82. The molecule has 0 bridgehead atoms. The first-order valence-electron chi connectivity index (χ1n) is 6.52. The minimum absolute atomic E-state index is 0.125. The SMILES string of the molecule is CC(C)S(=O)(=O)c1nc2ccc(NCC(O)CO)cc2s1. The Morgan fingerprint density at radius 3 is 2.71 bits per heavy atom. The van der Waals surface area contributed by atoms with Gasteiger partial charge in [-0.15, -0.1) is 11.3 Å². The maximum atomic E-state index is 12.1. The van der Waals surface area contributed by atoms with E-state index in [1.165, 1.54) is 0 Å². The van der Waals surface area contributed by atoms with Crippen LogP contribution in [-0.4, -0.2) is 48.1 Å². The van der Waals surface area contributed by atoms with Gasteiger partial charge in [0.15, 0.2) is 0 Å². The van der Waals surface area contributed by atoms with E-state index in [4.69, 9.17) is 5.11 Å². The van der Waals surface area contributed by atoms with Gasteiger partial charge in [-0.3, -0.25) is 0 Å². The summed E-state index contributed by atoms with van der Waals surface area (Å²) >= 11 is 1.14. The Labute approximate surface area is 127 Å². The quantitative estimate of drug-likeness (QED) is 0.737. The fourth-order valence-electron chi connectivity index (χ4n) is 1.64. The third-order valence-corrected chi connectivity index (χ3v) is 6.56. The fraction of sp³-hybridized carbons (Fsp3) is 0.462. The van der Waals surface area contributed by atoms with Crippen LogP contribution in [0.15, 0.2) is 22.5 Å². The number of hydrogen-bond donors (Lipinski definition) is 3. The van der Waals surface area contributed by atoms with E-state index in [-0.39, 0.29) is 17.5 Å². The molecule has 2 rings (SSSR count). The van der Waals surface area contributed by atoms with Crippen LogP contribution in [0.3, 0.4) is 0 Å². The van der Waals surface area contributed by atoms with Gasteiger partial charge in [0.25, 0.3) is 0 Å². The monoisotopic (exact) mass is 330 g/mol. The number of nitrogens with zero attached hydrogens (tertiary/aromatic N) is 1. The molecule has 6 nitrogen and oxygen atoms in total. The Morgan fingerprint density at radius 2 is 2.10 bits per heavy atom. The number of thiazole rings is 1. The van der Waals surface area contributed by atoms with E-state index in [0.29, 0.717) is 5.52 Å². The van der Waals surface area contributed by atoms with Crippen molar-refractivity contribution in [3.8, 4) is 0 Å². The molecule has 0 saturated heterocycles. The van der Waals surface area contributed by atoms with E-state index in [1.807, 2.05) is 0 Å². The second-order valence-electron chi connectivity index (χ2n) is 4.97. The smallest absolute Gasteiger partial charge is 0.210 e. The van der Waals surface area contributed by atoms with E-state index in [9.17, 15) is 13.5 Å². The zero-order chi connectivity index (χ0) is 15.6. The molecule has 1 unspecified atom stereocenters. The molecule has 2 aromatic rings. The van der Waals surface area contributed by atoms with Gasteiger partial charge in [-0.2, -0.15) is 0 Å². The molecule has 116 valence electrons. The van der Waals surface area contributed by atoms with Crippen molar-refractivity contribution in [2.75, 3.05) is 18.5 Å². The lowest BCUT2D eigenvalue weighted by Crippen LogP contribution is -2.22. The van der Waals surface area contributed by atoms with Crippen molar-refractivity contribution in [2.24, 2.45) is 0 Å². The molecule has 0 aliphatic heterocycles. The molecule has 8 heteroatoms. The van der Waals surface area contributed by atoms with E-state index >= 15 is 0 Å². The van der Waals surface area contributed by atoms with Gasteiger partial charge in [0, 0.05) is 12.2 Å². The lowest BCUT2D eigenvalue weighted by molar-refractivity contribution is 0.105. The van der Waals surface area contributed by atoms with Gasteiger partial charge in [-0.05, 0) is 32.0 Å². The third kappa shape index (κ3) is 3.52. The van der Waals surface area contributed by atoms with Gasteiger partial charge in [0.05, 0.1) is 28.2 Å². The van der Waals surface area contributed by atoms with E-state index in [2.05, 4.69) is 10.3 Å². The summed E-state index contributed by atoms with van der Waals surface area (Å²) in [5.41, 5.74) is 1.37. The molecule has 0 fully saturated rings. The first kappa shape index (κ1) is 16.2. The van der Waals surface area contributed by atoms with Gasteiger partial charge >= 0.3 is 0 Å². The Bertz CT molecular complexity index is 725. The number of fused-ring (bicyclic) bond motifs is 1. The second kappa shape index (κ2) is 6.27. The highest BCUT2D eigenvalue weighted by Gasteiger charge is 2.23. The van der Waals surface area contributed by atoms with Crippen LogP contribution in [0, 0.1) is 0 Å². The predicted octanol–water partition coefficient (Wildman–Crippen LogP) is 1.24. The summed E-state index contributed by atoms with van der Waals surface area (Å²) in [5.74, 6) is 0. The molecule has 3 N–H and O–H groups in total. The minimum Gasteiger partial charge on any atom is -0.394 e. The highest BCUT2D eigenvalue weighted by atomic mass is 32.2. The topological polar surface area (TPSA) is 99.5 Å². The van der Waals surface area contributed by atoms with E-state index in [1.54, 1.807) is 32.0 Å². The number of rotatable bonds is 6. The van der Waals surface area contributed by atoms with Crippen molar-refractivity contribution in [2.45, 2.75) is 29.5 Å². The Hall–Kier alpha value is -1.22. The standard InChI is InChI=1S/C13H18N2O4S2/c1-8(2)21(18,19)13-15-11-4-3-9(5-12(11)20-13)14-6-10(17)7-16/h3-5,8,10,14,16-17H,6-7H2,1-2H3. The summed E-state index contributed by atoms with van der Waals surface area (Å²) in [7, 11) is -3.37. The van der Waals surface area contributed by atoms with E-state index < -0.39 is 21.2 Å². The molecule has 0 aliphatic rings.